The van der Waals surface area contributed by atoms with E-state index in [1.54, 1.807) is 31.6 Å². The maximum atomic E-state index is 12.1. The van der Waals surface area contributed by atoms with E-state index in [2.05, 4.69) is 4.98 Å². The van der Waals surface area contributed by atoms with Crippen molar-refractivity contribution < 1.29 is 4.21 Å². The molecule has 2 aromatic heterocycles. The average Bonchev–Trinajstić information content (AvgIpc) is 2.92. The van der Waals surface area contributed by atoms with Gasteiger partial charge < -0.3 is 9.55 Å². The predicted octanol–water partition coefficient (Wildman–Crippen LogP) is 2.88. The summed E-state index contributed by atoms with van der Waals surface area (Å²) in [5.41, 5.74) is 3.25. The third-order valence-corrected chi connectivity index (χ3v) is 5.00. The molecule has 5 nitrogen and oxygen atoms in total. The zero-order valence-corrected chi connectivity index (χ0v) is 13.5. The maximum Gasteiger partial charge on any atom is 0.274 e. The van der Waals surface area contributed by atoms with Crippen LogP contribution in [0.4, 0.5) is 0 Å². The number of hydrogen-bond donors (Lipinski definition) is 2. The fourth-order valence-corrected chi connectivity index (χ4v) is 3.29. The Labute approximate surface area is 128 Å². The van der Waals surface area contributed by atoms with Crippen molar-refractivity contribution in [3.05, 3.63) is 52.6 Å². The van der Waals surface area contributed by atoms with Crippen molar-refractivity contribution in [2.24, 2.45) is 7.05 Å². The van der Waals surface area contributed by atoms with Crippen molar-refractivity contribution in [3.8, 4) is 11.1 Å². The first-order valence-electron chi connectivity index (χ1n) is 6.80. The second-order valence-electron chi connectivity index (χ2n) is 5.55. The first kappa shape index (κ1) is 14.6. The molecule has 6 heteroatoms. The predicted molar refractivity (Wildman–Crippen MR) is 88.8 cm³/mol. The van der Waals surface area contributed by atoms with E-state index < -0.39 is 9.73 Å². The Hall–Kier alpha value is -2.34. The molecule has 0 spiro atoms. The summed E-state index contributed by atoms with van der Waals surface area (Å²) in [6.07, 6.45) is 4.93. The van der Waals surface area contributed by atoms with Gasteiger partial charge in [-0.15, -0.1) is 0 Å². The number of pyridine rings is 1. The average molecular weight is 315 g/mol. The van der Waals surface area contributed by atoms with Crippen molar-refractivity contribution in [3.63, 3.8) is 0 Å². The van der Waals surface area contributed by atoms with Gasteiger partial charge in [0, 0.05) is 41.5 Å². The monoisotopic (exact) mass is 315 g/mol. The highest BCUT2D eigenvalue weighted by Gasteiger charge is 2.14. The molecule has 0 saturated carbocycles. The first-order chi connectivity index (χ1) is 10.3. The SMILES string of the molecule is Cc1ccc(S(C)(=N)=O)cc1-c1cn(C)c(=O)c2[nH]ccc12. The van der Waals surface area contributed by atoms with Gasteiger partial charge >= 0.3 is 0 Å². The van der Waals surface area contributed by atoms with Crippen LogP contribution in [0.2, 0.25) is 0 Å². The minimum Gasteiger partial charge on any atom is -0.357 e. The molecule has 0 aliphatic heterocycles. The van der Waals surface area contributed by atoms with Crippen LogP contribution in [-0.2, 0) is 16.8 Å². The molecule has 2 N–H and O–H groups in total. The number of aromatic nitrogens is 2. The Bertz CT molecular complexity index is 1040. The molecule has 1 aromatic carbocycles. The molecule has 0 bridgehead atoms. The lowest BCUT2D eigenvalue weighted by Crippen LogP contribution is -2.16. The lowest BCUT2D eigenvalue weighted by molar-refractivity contribution is 0.679. The van der Waals surface area contributed by atoms with E-state index in [1.807, 2.05) is 19.1 Å². The van der Waals surface area contributed by atoms with Gasteiger partial charge in [0.15, 0.2) is 0 Å². The molecule has 114 valence electrons. The van der Waals surface area contributed by atoms with Crippen LogP contribution >= 0.6 is 0 Å². The van der Waals surface area contributed by atoms with Crippen LogP contribution in [0, 0.1) is 11.7 Å². The lowest BCUT2D eigenvalue weighted by Gasteiger charge is -2.12. The summed E-state index contributed by atoms with van der Waals surface area (Å²) in [6.45, 7) is 1.96. The Morgan fingerprint density at radius 2 is 1.95 bits per heavy atom. The van der Waals surface area contributed by atoms with Gasteiger partial charge in [-0.25, -0.2) is 8.99 Å². The fourth-order valence-electron chi connectivity index (χ4n) is 2.62. The number of aromatic amines is 1. The molecular weight excluding hydrogens is 298 g/mol. The second kappa shape index (κ2) is 4.84. The zero-order valence-electron chi connectivity index (χ0n) is 12.6. The summed E-state index contributed by atoms with van der Waals surface area (Å²) in [6, 6.07) is 7.25. The summed E-state index contributed by atoms with van der Waals surface area (Å²) in [4.78, 5) is 15.6. The quantitative estimate of drug-likeness (QED) is 0.762. The van der Waals surface area contributed by atoms with Crippen LogP contribution in [0.5, 0.6) is 0 Å². The summed E-state index contributed by atoms with van der Waals surface area (Å²) >= 11 is 0. The van der Waals surface area contributed by atoms with E-state index >= 15 is 0 Å². The van der Waals surface area contributed by atoms with Crippen LogP contribution in [0.15, 0.2) is 46.3 Å². The number of fused-ring (bicyclic) bond motifs is 1. The smallest absolute Gasteiger partial charge is 0.274 e. The van der Waals surface area contributed by atoms with Crippen LogP contribution in [0.1, 0.15) is 5.56 Å². The molecule has 0 fully saturated rings. The van der Waals surface area contributed by atoms with Crippen molar-refractivity contribution in [1.29, 1.82) is 4.78 Å². The number of aryl methyl sites for hydroxylation is 2. The van der Waals surface area contributed by atoms with Crippen LogP contribution in [-0.4, -0.2) is 20.0 Å². The minimum atomic E-state index is -2.78. The summed E-state index contributed by atoms with van der Waals surface area (Å²) < 4.78 is 21.3. The molecule has 1 unspecified atom stereocenters. The van der Waals surface area contributed by atoms with E-state index in [9.17, 15) is 9.00 Å². The number of H-pyrrole nitrogens is 1. The second-order valence-corrected chi connectivity index (χ2v) is 7.70. The molecule has 2 heterocycles. The third kappa shape index (κ3) is 2.25. The number of rotatable bonds is 2. The number of hydrogen-bond acceptors (Lipinski definition) is 3. The molecule has 3 aromatic rings. The van der Waals surface area contributed by atoms with Gasteiger partial charge in [0.2, 0.25) is 0 Å². The topological polar surface area (TPSA) is 78.7 Å². The summed E-state index contributed by atoms with van der Waals surface area (Å²) in [5.74, 6) is 0. The molecule has 3 rings (SSSR count). The van der Waals surface area contributed by atoms with Gasteiger partial charge in [-0.1, -0.05) is 6.07 Å². The van der Waals surface area contributed by atoms with Crippen molar-refractivity contribution in [2.75, 3.05) is 6.26 Å². The molecule has 1 atom stereocenters. The summed E-state index contributed by atoms with van der Waals surface area (Å²) in [7, 11) is -1.08. The fraction of sp³-hybridized carbons (Fsp3) is 0.188. The maximum absolute atomic E-state index is 12.1. The Balaban J connectivity index is 2.40. The van der Waals surface area contributed by atoms with E-state index in [4.69, 9.17) is 4.78 Å². The van der Waals surface area contributed by atoms with Gasteiger partial charge in [0.25, 0.3) is 5.56 Å². The van der Waals surface area contributed by atoms with Crippen molar-refractivity contribution in [2.45, 2.75) is 11.8 Å². The molecule has 0 aliphatic carbocycles. The third-order valence-electron chi connectivity index (χ3n) is 3.84. The van der Waals surface area contributed by atoms with Crippen molar-refractivity contribution >= 4 is 20.6 Å². The van der Waals surface area contributed by atoms with Crippen LogP contribution in [0.3, 0.4) is 0 Å². The van der Waals surface area contributed by atoms with Gasteiger partial charge in [0.05, 0.1) is 9.73 Å². The standard InChI is InChI=1S/C16H17N3O2S/c1-10-4-5-11(22(3,17)21)8-13(10)14-9-19(2)16(20)15-12(14)6-7-18-15/h4-9,17-18H,1-3H3. The van der Waals surface area contributed by atoms with E-state index in [0.29, 0.717) is 10.4 Å². The van der Waals surface area contributed by atoms with Gasteiger partial charge in [0.1, 0.15) is 5.52 Å². The van der Waals surface area contributed by atoms with Gasteiger partial charge in [-0.2, -0.15) is 0 Å². The Morgan fingerprint density at radius 3 is 2.64 bits per heavy atom. The lowest BCUT2D eigenvalue weighted by atomic mass is 9.99. The number of nitrogens with one attached hydrogen (secondary N) is 2. The Kier molecular flexibility index (Phi) is 3.21. The highest BCUT2D eigenvalue weighted by atomic mass is 32.2. The Morgan fingerprint density at radius 1 is 1.23 bits per heavy atom. The highest BCUT2D eigenvalue weighted by molar-refractivity contribution is 7.91. The van der Waals surface area contributed by atoms with Gasteiger partial charge in [-0.3, -0.25) is 4.79 Å². The van der Waals surface area contributed by atoms with Crippen molar-refractivity contribution in [1.82, 2.24) is 9.55 Å². The largest absolute Gasteiger partial charge is 0.357 e. The molecule has 0 saturated heterocycles. The molecule has 0 aliphatic rings. The van der Waals surface area contributed by atoms with E-state index in [-0.39, 0.29) is 5.56 Å². The minimum absolute atomic E-state index is 0.0858. The summed E-state index contributed by atoms with van der Waals surface area (Å²) in [5, 5.41) is 0.830. The number of benzene rings is 1. The molecular formula is C16H17N3O2S. The van der Waals surface area contributed by atoms with Crippen LogP contribution in [0.25, 0.3) is 22.0 Å². The van der Waals surface area contributed by atoms with Crippen LogP contribution < -0.4 is 5.56 Å². The van der Waals surface area contributed by atoms with E-state index in [0.717, 1.165) is 22.1 Å². The molecule has 0 amide bonds. The highest BCUT2D eigenvalue weighted by Crippen LogP contribution is 2.30. The first-order valence-corrected chi connectivity index (χ1v) is 8.77. The molecule has 22 heavy (non-hydrogen) atoms. The normalized spacial score (nSPS) is 14.1. The van der Waals surface area contributed by atoms with E-state index in [1.165, 1.54) is 10.8 Å². The van der Waals surface area contributed by atoms with Gasteiger partial charge in [-0.05, 0) is 36.2 Å². The molecule has 0 radical (unpaired) electrons. The number of nitrogens with zero attached hydrogens (tertiary/aromatic N) is 1. The zero-order chi connectivity index (χ0) is 16.1.